The van der Waals surface area contributed by atoms with Gasteiger partial charge in [-0.2, -0.15) is 0 Å². The lowest BCUT2D eigenvalue weighted by Gasteiger charge is -2.36. The summed E-state index contributed by atoms with van der Waals surface area (Å²) in [5.74, 6) is 0.736. The highest BCUT2D eigenvalue weighted by Gasteiger charge is 2.27. The normalized spacial score (nSPS) is 20.5. The zero-order valence-electron chi connectivity index (χ0n) is 14.0. The maximum Gasteiger partial charge on any atom is 0.239 e. The van der Waals surface area contributed by atoms with Gasteiger partial charge in [-0.05, 0) is 56.8 Å². The van der Waals surface area contributed by atoms with Gasteiger partial charge in [0.1, 0.15) is 0 Å². The van der Waals surface area contributed by atoms with E-state index in [4.69, 9.17) is 0 Å². The lowest BCUT2D eigenvalue weighted by Crippen LogP contribution is -2.43. The minimum Gasteiger partial charge on any atom is -0.376 e. The molecule has 1 amide bonds. The Bertz CT molecular complexity index is 477. The van der Waals surface area contributed by atoms with Crippen LogP contribution in [0.2, 0.25) is 0 Å². The van der Waals surface area contributed by atoms with Crippen LogP contribution in [0.15, 0.2) is 30.3 Å². The first-order valence-electron chi connectivity index (χ1n) is 9.11. The van der Waals surface area contributed by atoms with Gasteiger partial charge in [-0.15, -0.1) is 0 Å². The highest BCUT2D eigenvalue weighted by Crippen LogP contribution is 2.27. The molecular weight excluding hydrogens is 286 g/mol. The van der Waals surface area contributed by atoms with Gasteiger partial charge < -0.3 is 15.5 Å². The third-order valence-corrected chi connectivity index (χ3v) is 5.30. The number of carbonyl (C=O) groups is 1. The van der Waals surface area contributed by atoms with E-state index in [2.05, 4.69) is 15.5 Å². The van der Waals surface area contributed by atoms with E-state index < -0.39 is 0 Å². The third kappa shape index (κ3) is 4.96. The largest absolute Gasteiger partial charge is 0.376 e. The van der Waals surface area contributed by atoms with Gasteiger partial charge in [-0.1, -0.05) is 31.0 Å². The summed E-state index contributed by atoms with van der Waals surface area (Å²) in [6.45, 7) is 3.61. The minimum atomic E-state index is 0.0899. The number of anilines is 1. The number of rotatable bonds is 6. The molecule has 0 spiro atoms. The molecule has 4 heteroatoms. The van der Waals surface area contributed by atoms with Gasteiger partial charge in [0.2, 0.25) is 5.91 Å². The Balaban J connectivity index is 1.31. The number of hydrogen-bond acceptors (Lipinski definition) is 3. The molecule has 1 aromatic carbocycles. The molecule has 4 nitrogen and oxygen atoms in total. The second-order valence-corrected chi connectivity index (χ2v) is 6.94. The van der Waals surface area contributed by atoms with E-state index in [0.717, 1.165) is 18.3 Å². The third-order valence-electron chi connectivity index (χ3n) is 5.30. The number of carbonyl (C=O) groups excluding carboxylic acids is 1. The van der Waals surface area contributed by atoms with Gasteiger partial charge >= 0.3 is 0 Å². The van der Waals surface area contributed by atoms with E-state index in [-0.39, 0.29) is 5.91 Å². The van der Waals surface area contributed by atoms with E-state index in [1.54, 1.807) is 0 Å². The first-order valence-corrected chi connectivity index (χ1v) is 9.11. The van der Waals surface area contributed by atoms with E-state index in [9.17, 15) is 4.79 Å². The smallest absolute Gasteiger partial charge is 0.239 e. The average molecular weight is 315 g/mol. The molecule has 0 unspecified atom stereocenters. The molecule has 2 aliphatic rings. The molecule has 3 rings (SSSR count). The van der Waals surface area contributed by atoms with Crippen molar-refractivity contribution in [1.82, 2.24) is 10.2 Å². The van der Waals surface area contributed by atoms with Crippen LogP contribution in [0.3, 0.4) is 0 Å². The molecule has 1 aromatic rings. The summed E-state index contributed by atoms with van der Waals surface area (Å²) in [5, 5.41) is 6.24. The van der Waals surface area contributed by atoms with E-state index in [1.165, 1.54) is 51.6 Å². The van der Waals surface area contributed by atoms with Crippen LogP contribution < -0.4 is 10.6 Å². The van der Waals surface area contributed by atoms with Crippen molar-refractivity contribution in [1.29, 1.82) is 0 Å². The topological polar surface area (TPSA) is 44.4 Å². The lowest BCUT2D eigenvalue weighted by molar-refractivity contribution is -0.119. The van der Waals surface area contributed by atoms with Crippen LogP contribution in [-0.4, -0.2) is 43.0 Å². The zero-order valence-corrected chi connectivity index (χ0v) is 14.0. The molecule has 1 heterocycles. The van der Waals surface area contributed by atoms with Gasteiger partial charge in [0, 0.05) is 18.3 Å². The standard InChI is InChI=1S/C19H29N3O/c23-19(15-20-17-6-2-1-3-7-17)21-14-16-10-12-22(13-11-16)18-8-4-5-9-18/h1-3,6-7,16,18,20H,4-5,8-15H2,(H,21,23). The summed E-state index contributed by atoms with van der Waals surface area (Å²) >= 11 is 0. The molecular formula is C19H29N3O. The van der Waals surface area contributed by atoms with Crippen molar-refractivity contribution in [2.45, 2.75) is 44.6 Å². The van der Waals surface area contributed by atoms with Gasteiger partial charge in [-0.3, -0.25) is 4.79 Å². The number of benzene rings is 1. The summed E-state index contributed by atoms with van der Waals surface area (Å²) in [4.78, 5) is 14.6. The van der Waals surface area contributed by atoms with E-state index in [1.807, 2.05) is 30.3 Å². The predicted molar refractivity (Wildman–Crippen MR) is 94.5 cm³/mol. The van der Waals surface area contributed by atoms with E-state index >= 15 is 0 Å². The molecule has 0 bridgehead atoms. The van der Waals surface area contributed by atoms with Crippen molar-refractivity contribution in [3.63, 3.8) is 0 Å². The van der Waals surface area contributed by atoms with Crippen LogP contribution in [0.5, 0.6) is 0 Å². The fourth-order valence-electron chi connectivity index (χ4n) is 3.85. The molecule has 2 N–H and O–H groups in total. The van der Waals surface area contributed by atoms with Gasteiger partial charge in [0.05, 0.1) is 6.54 Å². The van der Waals surface area contributed by atoms with Crippen LogP contribution >= 0.6 is 0 Å². The Morgan fingerprint density at radius 3 is 2.43 bits per heavy atom. The molecule has 0 radical (unpaired) electrons. The van der Waals surface area contributed by atoms with Crippen molar-refractivity contribution in [2.24, 2.45) is 5.92 Å². The number of para-hydroxylation sites is 1. The molecule has 2 fully saturated rings. The van der Waals surface area contributed by atoms with Crippen molar-refractivity contribution in [2.75, 3.05) is 31.5 Å². The highest BCUT2D eigenvalue weighted by molar-refractivity contribution is 5.80. The number of nitrogens with one attached hydrogen (secondary N) is 2. The highest BCUT2D eigenvalue weighted by atomic mass is 16.1. The van der Waals surface area contributed by atoms with Crippen molar-refractivity contribution in [3.8, 4) is 0 Å². The Morgan fingerprint density at radius 1 is 1.04 bits per heavy atom. The lowest BCUT2D eigenvalue weighted by atomic mass is 9.95. The average Bonchev–Trinajstić information content (AvgIpc) is 3.14. The van der Waals surface area contributed by atoms with Gasteiger partial charge in [0.25, 0.3) is 0 Å². The van der Waals surface area contributed by atoms with Crippen LogP contribution in [-0.2, 0) is 4.79 Å². The summed E-state index contributed by atoms with van der Waals surface area (Å²) in [6, 6.07) is 10.7. The Hall–Kier alpha value is -1.55. The number of likely N-dealkylation sites (tertiary alicyclic amines) is 1. The van der Waals surface area contributed by atoms with Crippen LogP contribution in [0.25, 0.3) is 0 Å². The molecule has 1 aliphatic heterocycles. The molecule has 1 saturated carbocycles. The summed E-state index contributed by atoms with van der Waals surface area (Å²) < 4.78 is 0. The van der Waals surface area contributed by atoms with Crippen molar-refractivity contribution < 1.29 is 4.79 Å². The maximum absolute atomic E-state index is 11.9. The van der Waals surface area contributed by atoms with Crippen LogP contribution in [0, 0.1) is 5.92 Å². The first kappa shape index (κ1) is 16.3. The number of hydrogen-bond donors (Lipinski definition) is 2. The molecule has 23 heavy (non-hydrogen) atoms. The SMILES string of the molecule is O=C(CNc1ccccc1)NCC1CCN(C2CCCC2)CC1. The molecule has 0 aromatic heterocycles. The predicted octanol–water partition coefficient (Wildman–Crippen LogP) is 2.87. The van der Waals surface area contributed by atoms with Crippen molar-refractivity contribution in [3.05, 3.63) is 30.3 Å². The quantitative estimate of drug-likeness (QED) is 0.848. The molecule has 126 valence electrons. The second kappa shape index (κ2) is 8.34. The minimum absolute atomic E-state index is 0.0899. The molecule has 1 aliphatic carbocycles. The van der Waals surface area contributed by atoms with Crippen LogP contribution in [0.1, 0.15) is 38.5 Å². The fraction of sp³-hybridized carbons (Fsp3) is 0.632. The summed E-state index contributed by atoms with van der Waals surface area (Å²) in [6.07, 6.45) is 8.06. The fourth-order valence-corrected chi connectivity index (χ4v) is 3.85. The molecule has 1 saturated heterocycles. The Kier molecular flexibility index (Phi) is 5.92. The first-order chi connectivity index (χ1) is 11.3. The maximum atomic E-state index is 11.9. The number of amides is 1. The Morgan fingerprint density at radius 2 is 1.74 bits per heavy atom. The van der Waals surface area contributed by atoms with Gasteiger partial charge in [0.15, 0.2) is 0 Å². The second-order valence-electron chi connectivity index (χ2n) is 6.94. The number of nitrogens with zero attached hydrogens (tertiary/aromatic N) is 1. The van der Waals surface area contributed by atoms with Gasteiger partial charge in [-0.25, -0.2) is 0 Å². The number of piperidine rings is 1. The zero-order chi connectivity index (χ0) is 15.9. The Labute approximate surface area is 139 Å². The monoisotopic (exact) mass is 315 g/mol. The van der Waals surface area contributed by atoms with Crippen LogP contribution in [0.4, 0.5) is 5.69 Å². The summed E-state index contributed by atoms with van der Waals surface area (Å²) in [5.41, 5.74) is 0.993. The van der Waals surface area contributed by atoms with Crippen molar-refractivity contribution >= 4 is 11.6 Å². The van der Waals surface area contributed by atoms with E-state index in [0.29, 0.717) is 12.5 Å². The summed E-state index contributed by atoms with van der Waals surface area (Å²) in [7, 11) is 0. The molecule has 0 atom stereocenters.